The number of halogens is 2. The Hall–Kier alpha value is -1.68. The molecule has 0 saturated carbocycles. The monoisotopic (exact) mass is 322 g/mol. The van der Waals surface area contributed by atoms with Crippen LogP contribution in [0.25, 0.3) is 0 Å². The third kappa shape index (κ3) is 2.84. The van der Waals surface area contributed by atoms with Gasteiger partial charge in [0.1, 0.15) is 11.6 Å². The average Bonchev–Trinajstić information content (AvgIpc) is 2.40. The molecule has 2 aromatic carbocycles. The lowest BCUT2D eigenvalue weighted by molar-refractivity contribution is 0.103. The summed E-state index contributed by atoms with van der Waals surface area (Å²) < 4.78 is 19.2. The lowest BCUT2D eigenvalue weighted by Gasteiger charge is -2.10. The van der Waals surface area contributed by atoms with Gasteiger partial charge in [-0.1, -0.05) is 22.0 Å². The summed E-state index contributed by atoms with van der Waals surface area (Å²) >= 11 is 3.32. The van der Waals surface area contributed by atoms with Gasteiger partial charge in [-0.3, -0.25) is 4.79 Å². The molecular weight excluding hydrogens is 311 g/mol. The van der Waals surface area contributed by atoms with Crippen LogP contribution in [0.1, 0.15) is 21.5 Å². The van der Waals surface area contributed by atoms with Gasteiger partial charge in [-0.15, -0.1) is 0 Å². The van der Waals surface area contributed by atoms with E-state index in [0.29, 0.717) is 16.9 Å². The number of hydrogen-bond donors (Lipinski definition) is 0. The Labute approximate surface area is 119 Å². The number of carbonyl (C=O) groups excluding carboxylic acids is 1. The van der Waals surface area contributed by atoms with Gasteiger partial charge >= 0.3 is 0 Å². The summed E-state index contributed by atoms with van der Waals surface area (Å²) in [4.78, 5) is 12.5. The smallest absolute Gasteiger partial charge is 0.197 e. The Morgan fingerprint density at radius 3 is 2.58 bits per heavy atom. The lowest BCUT2D eigenvalue weighted by Crippen LogP contribution is -2.06. The van der Waals surface area contributed by atoms with E-state index in [1.807, 2.05) is 0 Å². The van der Waals surface area contributed by atoms with Gasteiger partial charge < -0.3 is 4.74 Å². The van der Waals surface area contributed by atoms with Crippen molar-refractivity contribution in [1.29, 1.82) is 0 Å². The summed E-state index contributed by atoms with van der Waals surface area (Å²) in [7, 11) is 1.50. The molecular formula is C15H12BrFO2. The highest BCUT2D eigenvalue weighted by Crippen LogP contribution is 2.26. The molecule has 0 N–H and O–H groups in total. The molecule has 0 amide bonds. The van der Waals surface area contributed by atoms with E-state index in [2.05, 4.69) is 15.9 Å². The maximum absolute atomic E-state index is 13.3. The van der Waals surface area contributed by atoms with Crippen LogP contribution in [0.3, 0.4) is 0 Å². The number of aryl methyl sites for hydroxylation is 1. The van der Waals surface area contributed by atoms with Crippen LogP contribution in [-0.2, 0) is 0 Å². The van der Waals surface area contributed by atoms with Crippen LogP contribution in [0.2, 0.25) is 0 Å². The fourth-order valence-corrected chi connectivity index (χ4v) is 2.20. The van der Waals surface area contributed by atoms with E-state index in [1.54, 1.807) is 31.2 Å². The molecule has 0 aromatic heterocycles. The minimum absolute atomic E-state index is 0.254. The molecule has 2 aromatic rings. The maximum Gasteiger partial charge on any atom is 0.197 e. The van der Waals surface area contributed by atoms with E-state index in [9.17, 15) is 9.18 Å². The van der Waals surface area contributed by atoms with Crippen LogP contribution in [-0.4, -0.2) is 12.9 Å². The first kappa shape index (κ1) is 13.7. The molecule has 2 rings (SSSR count). The zero-order chi connectivity index (χ0) is 14.0. The van der Waals surface area contributed by atoms with Crippen LogP contribution in [0.5, 0.6) is 5.75 Å². The Morgan fingerprint density at radius 2 is 1.89 bits per heavy atom. The van der Waals surface area contributed by atoms with Gasteiger partial charge in [-0.25, -0.2) is 4.39 Å². The minimum atomic E-state index is -0.428. The van der Waals surface area contributed by atoms with Crippen molar-refractivity contribution in [1.82, 2.24) is 0 Å². The van der Waals surface area contributed by atoms with E-state index in [0.717, 1.165) is 10.0 Å². The van der Waals surface area contributed by atoms with Crippen LogP contribution < -0.4 is 4.74 Å². The molecule has 0 atom stereocenters. The predicted octanol–water partition coefficient (Wildman–Crippen LogP) is 4.14. The molecule has 2 nitrogen and oxygen atoms in total. The zero-order valence-corrected chi connectivity index (χ0v) is 12.1. The summed E-state index contributed by atoms with van der Waals surface area (Å²) in [6.07, 6.45) is 0. The third-order valence-electron chi connectivity index (χ3n) is 2.85. The van der Waals surface area contributed by atoms with Crippen molar-refractivity contribution in [2.45, 2.75) is 6.92 Å². The molecule has 0 radical (unpaired) electrons. The molecule has 98 valence electrons. The van der Waals surface area contributed by atoms with Crippen LogP contribution in [0, 0.1) is 12.7 Å². The van der Waals surface area contributed by atoms with E-state index in [1.165, 1.54) is 19.2 Å². The molecule has 4 heteroatoms. The number of methoxy groups -OCH3 is 1. The van der Waals surface area contributed by atoms with E-state index in [-0.39, 0.29) is 5.78 Å². The topological polar surface area (TPSA) is 26.3 Å². The normalized spacial score (nSPS) is 10.3. The van der Waals surface area contributed by atoms with Crippen molar-refractivity contribution in [3.8, 4) is 5.75 Å². The largest absolute Gasteiger partial charge is 0.496 e. The molecule has 19 heavy (non-hydrogen) atoms. The SMILES string of the molecule is COc1ccc(Br)cc1C(=O)c1cc(F)ccc1C. The summed E-state index contributed by atoms with van der Waals surface area (Å²) in [5.74, 6) is -0.213. The van der Waals surface area contributed by atoms with Crippen molar-refractivity contribution in [3.63, 3.8) is 0 Å². The molecule has 0 aliphatic carbocycles. The van der Waals surface area contributed by atoms with Crippen molar-refractivity contribution in [2.75, 3.05) is 7.11 Å². The summed E-state index contributed by atoms with van der Waals surface area (Å²) in [6, 6.07) is 9.33. The van der Waals surface area contributed by atoms with Gasteiger partial charge in [-0.05, 0) is 42.8 Å². The van der Waals surface area contributed by atoms with Gasteiger partial charge in [0.2, 0.25) is 0 Å². The lowest BCUT2D eigenvalue weighted by atomic mass is 9.98. The van der Waals surface area contributed by atoms with Crippen LogP contribution in [0.15, 0.2) is 40.9 Å². The minimum Gasteiger partial charge on any atom is -0.496 e. The molecule has 0 aliphatic rings. The molecule has 0 aliphatic heterocycles. The number of benzene rings is 2. The van der Waals surface area contributed by atoms with Crippen molar-refractivity contribution >= 4 is 21.7 Å². The standard InChI is InChI=1S/C15H12BrFO2/c1-9-3-5-11(17)8-12(9)15(18)13-7-10(16)4-6-14(13)19-2/h3-8H,1-2H3. The first-order valence-corrected chi connectivity index (χ1v) is 6.46. The van der Waals surface area contributed by atoms with Crippen molar-refractivity contribution < 1.29 is 13.9 Å². The van der Waals surface area contributed by atoms with Gasteiger partial charge in [0.05, 0.1) is 12.7 Å². The second kappa shape index (κ2) is 5.53. The van der Waals surface area contributed by atoms with Gasteiger partial charge in [0.15, 0.2) is 5.78 Å². The number of ketones is 1. The highest BCUT2D eigenvalue weighted by molar-refractivity contribution is 9.10. The van der Waals surface area contributed by atoms with Crippen LogP contribution >= 0.6 is 15.9 Å². The zero-order valence-electron chi connectivity index (χ0n) is 10.5. The highest BCUT2D eigenvalue weighted by atomic mass is 79.9. The van der Waals surface area contributed by atoms with Crippen molar-refractivity contribution in [2.24, 2.45) is 0 Å². The van der Waals surface area contributed by atoms with E-state index < -0.39 is 5.82 Å². The molecule has 0 bridgehead atoms. The van der Waals surface area contributed by atoms with E-state index in [4.69, 9.17) is 4.74 Å². The second-order valence-corrected chi connectivity index (χ2v) is 5.05. The Balaban J connectivity index is 2.55. The quantitative estimate of drug-likeness (QED) is 0.794. The van der Waals surface area contributed by atoms with E-state index >= 15 is 0 Å². The van der Waals surface area contributed by atoms with Gasteiger partial charge in [0, 0.05) is 10.0 Å². The first-order valence-electron chi connectivity index (χ1n) is 5.67. The van der Waals surface area contributed by atoms with Gasteiger partial charge in [-0.2, -0.15) is 0 Å². The predicted molar refractivity (Wildman–Crippen MR) is 75.3 cm³/mol. The summed E-state index contributed by atoms with van der Waals surface area (Å²) in [5.41, 5.74) is 1.48. The molecule has 0 heterocycles. The fraction of sp³-hybridized carbons (Fsp3) is 0.133. The molecule has 0 unspecified atom stereocenters. The number of hydrogen-bond acceptors (Lipinski definition) is 2. The maximum atomic E-state index is 13.3. The molecule has 0 fully saturated rings. The Morgan fingerprint density at radius 1 is 1.16 bits per heavy atom. The molecule has 0 saturated heterocycles. The number of ether oxygens (including phenoxy) is 1. The number of carbonyl (C=O) groups is 1. The van der Waals surface area contributed by atoms with Crippen molar-refractivity contribution in [3.05, 3.63) is 63.4 Å². The summed E-state index contributed by atoms with van der Waals surface area (Å²) in [6.45, 7) is 1.77. The second-order valence-electron chi connectivity index (χ2n) is 4.13. The van der Waals surface area contributed by atoms with Crippen LogP contribution in [0.4, 0.5) is 4.39 Å². The van der Waals surface area contributed by atoms with Gasteiger partial charge in [0.25, 0.3) is 0 Å². The third-order valence-corrected chi connectivity index (χ3v) is 3.34. The Bertz CT molecular complexity index is 638. The fourth-order valence-electron chi connectivity index (χ4n) is 1.84. The summed E-state index contributed by atoms with van der Waals surface area (Å²) in [5, 5.41) is 0. The Kier molecular flexibility index (Phi) is 4.00. The average molecular weight is 323 g/mol. The molecule has 0 spiro atoms. The number of rotatable bonds is 3. The highest BCUT2D eigenvalue weighted by Gasteiger charge is 2.17. The first-order chi connectivity index (χ1) is 9.02.